The fourth-order valence-electron chi connectivity index (χ4n) is 1.45. The van der Waals surface area contributed by atoms with Crippen molar-refractivity contribution in [2.75, 3.05) is 12.4 Å². The third-order valence-corrected chi connectivity index (χ3v) is 3.04. The highest BCUT2D eigenvalue weighted by Gasteiger charge is 2.27. The number of hydrogen-bond acceptors (Lipinski definition) is 5. The number of esters is 1. The highest BCUT2D eigenvalue weighted by Crippen LogP contribution is 2.01. The van der Waals surface area contributed by atoms with Crippen molar-refractivity contribution in [3.63, 3.8) is 0 Å². The van der Waals surface area contributed by atoms with E-state index in [4.69, 9.17) is 4.55 Å². The van der Waals surface area contributed by atoms with Gasteiger partial charge in [-0.25, -0.2) is 4.79 Å². The minimum Gasteiger partial charge on any atom is -0.464 e. The number of nitrogens with one attached hydrogen (secondary N) is 1. The molecule has 1 rings (SSSR count). The number of carbonyl (C=O) groups is 2. The van der Waals surface area contributed by atoms with Gasteiger partial charge in [-0.1, -0.05) is 18.2 Å². The molecule has 0 fully saturated rings. The molecule has 0 saturated carbocycles. The van der Waals surface area contributed by atoms with Crippen molar-refractivity contribution < 1.29 is 27.3 Å². The molecule has 110 valence electrons. The predicted molar refractivity (Wildman–Crippen MR) is 70.7 cm³/mol. The molecule has 20 heavy (non-hydrogen) atoms. The Hall–Kier alpha value is -1.93. The molecule has 0 aromatic heterocycles. The van der Waals surface area contributed by atoms with Crippen LogP contribution in [-0.4, -0.2) is 43.2 Å². The number of benzene rings is 1. The van der Waals surface area contributed by atoms with Crippen LogP contribution in [0.25, 0.3) is 0 Å². The molecular weight excluding hydrogens is 286 g/mol. The van der Waals surface area contributed by atoms with Crippen molar-refractivity contribution in [1.29, 1.82) is 0 Å². The number of rotatable bonds is 6. The molecule has 0 heterocycles. The van der Waals surface area contributed by atoms with Crippen molar-refractivity contribution in [2.24, 2.45) is 0 Å². The van der Waals surface area contributed by atoms with Gasteiger partial charge >= 0.3 is 5.97 Å². The van der Waals surface area contributed by atoms with E-state index >= 15 is 0 Å². The predicted octanol–water partition coefficient (Wildman–Crippen LogP) is 0.236. The summed E-state index contributed by atoms with van der Waals surface area (Å²) in [6.07, 6.45) is 0. The van der Waals surface area contributed by atoms with Crippen LogP contribution in [0.4, 0.5) is 0 Å². The van der Waals surface area contributed by atoms with Crippen LogP contribution < -0.4 is 5.32 Å². The summed E-state index contributed by atoms with van der Waals surface area (Å²) in [4.78, 5) is 23.4. The molecule has 1 aromatic rings. The van der Waals surface area contributed by atoms with E-state index < -0.39 is 33.8 Å². The summed E-state index contributed by atoms with van der Waals surface area (Å²) in [5.74, 6) is -2.49. The van der Waals surface area contributed by atoms with E-state index in [-0.39, 0.29) is 12.2 Å². The van der Waals surface area contributed by atoms with Gasteiger partial charge < -0.3 is 10.1 Å². The van der Waals surface area contributed by atoms with Gasteiger partial charge in [0.25, 0.3) is 16.0 Å². The van der Waals surface area contributed by atoms with Crippen LogP contribution in [-0.2, 0) is 19.6 Å². The molecule has 8 heteroatoms. The van der Waals surface area contributed by atoms with Crippen molar-refractivity contribution in [3.8, 4) is 0 Å². The first-order valence-corrected chi connectivity index (χ1v) is 7.42. The van der Waals surface area contributed by atoms with E-state index in [1.54, 1.807) is 25.1 Å². The Balaban J connectivity index is 2.84. The first-order valence-electron chi connectivity index (χ1n) is 5.81. The lowest BCUT2D eigenvalue weighted by Gasteiger charge is -2.15. The molecule has 1 unspecified atom stereocenters. The number of amides is 1. The number of ether oxygens (including phenoxy) is 1. The second kappa shape index (κ2) is 7.01. The zero-order valence-corrected chi connectivity index (χ0v) is 11.6. The fraction of sp³-hybridized carbons (Fsp3) is 0.333. The van der Waals surface area contributed by atoms with Gasteiger partial charge in [0.05, 0.1) is 6.61 Å². The molecule has 0 saturated heterocycles. The smallest absolute Gasteiger partial charge is 0.329 e. The monoisotopic (exact) mass is 301 g/mol. The first-order chi connectivity index (χ1) is 9.33. The van der Waals surface area contributed by atoms with E-state index in [2.05, 4.69) is 10.1 Å². The largest absolute Gasteiger partial charge is 0.464 e. The van der Waals surface area contributed by atoms with Gasteiger partial charge in [-0.2, -0.15) is 8.42 Å². The number of carbonyl (C=O) groups excluding carboxylic acids is 2. The van der Waals surface area contributed by atoms with Gasteiger partial charge in [0.2, 0.25) is 0 Å². The minimum absolute atomic E-state index is 0.0298. The van der Waals surface area contributed by atoms with E-state index in [0.29, 0.717) is 0 Å². The Morgan fingerprint density at radius 2 is 1.90 bits per heavy atom. The van der Waals surface area contributed by atoms with Crippen LogP contribution in [0.15, 0.2) is 30.3 Å². The third kappa shape index (κ3) is 5.37. The fourth-order valence-corrected chi connectivity index (χ4v) is 2.09. The molecule has 2 N–H and O–H groups in total. The second-order valence-corrected chi connectivity index (χ2v) is 5.39. The van der Waals surface area contributed by atoms with Crippen LogP contribution in [0.5, 0.6) is 0 Å². The molecule has 0 aliphatic heterocycles. The van der Waals surface area contributed by atoms with E-state index in [9.17, 15) is 18.0 Å². The Labute approximate surface area is 116 Å². The Morgan fingerprint density at radius 1 is 1.30 bits per heavy atom. The van der Waals surface area contributed by atoms with Gasteiger partial charge in [0.15, 0.2) is 0 Å². The SMILES string of the molecule is CCOC(=O)C(CS(=O)(=O)O)NC(=O)c1ccccc1. The van der Waals surface area contributed by atoms with E-state index in [1.165, 1.54) is 12.1 Å². The Morgan fingerprint density at radius 3 is 2.40 bits per heavy atom. The summed E-state index contributed by atoms with van der Waals surface area (Å²) in [6, 6.07) is 6.50. The highest BCUT2D eigenvalue weighted by atomic mass is 32.2. The maximum absolute atomic E-state index is 11.9. The third-order valence-electron chi connectivity index (χ3n) is 2.29. The Bertz CT molecular complexity index is 569. The zero-order valence-electron chi connectivity index (χ0n) is 10.8. The van der Waals surface area contributed by atoms with Gasteiger partial charge in [0, 0.05) is 5.56 Å². The van der Waals surface area contributed by atoms with Crippen molar-refractivity contribution in [2.45, 2.75) is 13.0 Å². The highest BCUT2D eigenvalue weighted by molar-refractivity contribution is 7.85. The van der Waals surface area contributed by atoms with Gasteiger partial charge in [-0.15, -0.1) is 0 Å². The normalized spacial score (nSPS) is 12.5. The molecule has 0 spiro atoms. The maximum atomic E-state index is 11.9. The lowest BCUT2D eigenvalue weighted by molar-refractivity contribution is -0.144. The molecule has 1 amide bonds. The summed E-state index contributed by atoms with van der Waals surface area (Å²) in [6.45, 7) is 1.57. The van der Waals surface area contributed by atoms with Gasteiger partial charge in [-0.05, 0) is 19.1 Å². The standard InChI is InChI=1S/C12H15NO6S/c1-2-19-12(15)10(8-20(16,17)18)13-11(14)9-6-4-3-5-7-9/h3-7,10H,2,8H2,1H3,(H,13,14)(H,16,17,18). The van der Waals surface area contributed by atoms with Crippen LogP contribution in [0, 0.1) is 0 Å². The van der Waals surface area contributed by atoms with Crippen LogP contribution in [0.3, 0.4) is 0 Å². The zero-order chi connectivity index (χ0) is 15.2. The second-order valence-electron chi connectivity index (χ2n) is 3.89. The molecule has 0 radical (unpaired) electrons. The Kier molecular flexibility index (Phi) is 5.66. The lowest BCUT2D eigenvalue weighted by atomic mass is 10.2. The van der Waals surface area contributed by atoms with Crippen molar-refractivity contribution in [3.05, 3.63) is 35.9 Å². The molecule has 1 aromatic carbocycles. The molecule has 7 nitrogen and oxygen atoms in total. The van der Waals surface area contributed by atoms with Gasteiger partial charge in [0.1, 0.15) is 11.8 Å². The van der Waals surface area contributed by atoms with Crippen molar-refractivity contribution >= 4 is 22.0 Å². The summed E-state index contributed by atoms with van der Waals surface area (Å²) < 4.78 is 35.2. The van der Waals surface area contributed by atoms with Gasteiger partial charge in [-0.3, -0.25) is 9.35 Å². The average molecular weight is 301 g/mol. The lowest BCUT2D eigenvalue weighted by Crippen LogP contribution is -2.46. The molecule has 0 aliphatic rings. The number of hydrogen-bond donors (Lipinski definition) is 2. The quantitative estimate of drug-likeness (QED) is 0.575. The average Bonchev–Trinajstić information content (AvgIpc) is 2.37. The topological polar surface area (TPSA) is 110 Å². The molecule has 1 atom stereocenters. The molecule has 0 bridgehead atoms. The molecule has 0 aliphatic carbocycles. The molecular formula is C12H15NO6S. The summed E-state index contributed by atoms with van der Waals surface area (Å²) in [5.41, 5.74) is 0.261. The van der Waals surface area contributed by atoms with E-state index in [1.807, 2.05) is 0 Å². The van der Waals surface area contributed by atoms with Crippen LogP contribution >= 0.6 is 0 Å². The summed E-state index contributed by atoms with van der Waals surface area (Å²) in [7, 11) is -4.43. The van der Waals surface area contributed by atoms with Crippen LogP contribution in [0.2, 0.25) is 0 Å². The minimum atomic E-state index is -4.43. The maximum Gasteiger partial charge on any atom is 0.329 e. The summed E-state index contributed by atoms with van der Waals surface area (Å²) in [5, 5.41) is 2.22. The van der Waals surface area contributed by atoms with Crippen molar-refractivity contribution in [1.82, 2.24) is 5.32 Å². The summed E-state index contributed by atoms with van der Waals surface area (Å²) >= 11 is 0. The van der Waals surface area contributed by atoms with E-state index in [0.717, 1.165) is 0 Å². The first kappa shape index (κ1) is 16.1. The van der Waals surface area contributed by atoms with Crippen LogP contribution in [0.1, 0.15) is 17.3 Å².